The van der Waals surface area contributed by atoms with Crippen LogP contribution in [-0.2, 0) is 4.79 Å². The van der Waals surface area contributed by atoms with Gasteiger partial charge in [-0.1, -0.05) is 0 Å². The van der Waals surface area contributed by atoms with Crippen LogP contribution in [0.5, 0.6) is 0 Å². The molecule has 3 heteroatoms. The molecule has 0 aromatic rings. The number of hydrogen-bond donors (Lipinski definition) is 0. The molecule has 0 aromatic heterocycles. The van der Waals surface area contributed by atoms with Gasteiger partial charge in [0.2, 0.25) is 5.91 Å². The molecular weight excluding hydrogens is 176 g/mol. The highest BCUT2D eigenvalue weighted by Crippen LogP contribution is 2.00. The standard InChI is InChI=1S/C11H24N2O/c1-9(2)12(5)8-7-11(14)13(6)10(3)4/h9-10H,7-8H2,1-6H3. The quantitative estimate of drug-likeness (QED) is 0.673. The van der Waals surface area contributed by atoms with Crippen molar-refractivity contribution in [2.75, 3.05) is 20.6 Å². The topological polar surface area (TPSA) is 23.6 Å². The fraction of sp³-hybridized carbons (Fsp3) is 0.909. The molecule has 0 heterocycles. The smallest absolute Gasteiger partial charge is 0.223 e. The van der Waals surface area contributed by atoms with Crippen LogP contribution in [0.1, 0.15) is 34.1 Å². The van der Waals surface area contributed by atoms with Gasteiger partial charge in [0.25, 0.3) is 0 Å². The summed E-state index contributed by atoms with van der Waals surface area (Å²) in [6, 6.07) is 0.805. The Morgan fingerprint density at radius 3 is 1.93 bits per heavy atom. The van der Waals surface area contributed by atoms with E-state index in [-0.39, 0.29) is 5.91 Å². The van der Waals surface area contributed by atoms with Crippen LogP contribution in [0, 0.1) is 0 Å². The van der Waals surface area contributed by atoms with Crippen molar-refractivity contribution in [3.63, 3.8) is 0 Å². The van der Waals surface area contributed by atoms with Crippen LogP contribution in [0.25, 0.3) is 0 Å². The minimum absolute atomic E-state index is 0.229. The second-order valence-electron chi connectivity index (χ2n) is 4.42. The van der Waals surface area contributed by atoms with E-state index < -0.39 is 0 Å². The van der Waals surface area contributed by atoms with E-state index in [4.69, 9.17) is 0 Å². The van der Waals surface area contributed by atoms with Gasteiger partial charge in [0, 0.05) is 32.1 Å². The third-order valence-corrected chi connectivity index (χ3v) is 2.73. The Morgan fingerprint density at radius 2 is 1.57 bits per heavy atom. The van der Waals surface area contributed by atoms with Crippen molar-refractivity contribution < 1.29 is 4.79 Å². The zero-order chi connectivity index (χ0) is 11.3. The Kier molecular flexibility index (Phi) is 5.77. The highest BCUT2D eigenvalue weighted by atomic mass is 16.2. The van der Waals surface area contributed by atoms with Gasteiger partial charge in [0.15, 0.2) is 0 Å². The van der Waals surface area contributed by atoms with Crippen LogP contribution < -0.4 is 0 Å². The Balaban J connectivity index is 3.85. The third kappa shape index (κ3) is 4.61. The summed E-state index contributed by atoms with van der Waals surface area (Å²) >= 11 is 0. The second-order valence-corrected chi connectivity index (χ2v) is 4.42. The van der Waals surface area contributed by atoms with Crippen molar-refractivity contribution in [1.29, 1.82) is 0 Å². The zero-order valence-electron chi connectivity index (χ0n) is 10.4. The Hall–Kier alpha value is -0.570. The number of nitrogens with zero attached hydrogens (tertiary/aromatic N) is 2. The lowest BCUT2D eigenvalue weighted by atomic mass is 10.2. The molecule has 0 atom stereocenters. The van der Waals surface area contributed by atoms with Gasteiger partial charge < -0.3 is 9.80 Å². The first kappa shape index (κ1) is 13.4. The Labute approximate surface area is 88.1 Å². The van der Waals surface area contributed by atoms with Crippen molar-refractivity contribution in [3.05, 3.63) is 0 Å². The van der Waals surface area contributed by atoms with E-state index in [0.29, 0.717) is 18.5 Å². The van der Waals surface area contributed by atoms with Gasteiger partial charge in [-0.2, -0.15) is 0 Å². The van der Waals surface area contributed by atoms with E-state index >= 15 is 0 Å². The molecule has 0 spiro atoms. The zero-order valence-corrected chi connectivity index (χ0v) is 10.4. The van der Waals surface area contributed by atoms with Crippen LogP contribution in [0.4, 0.5) is 0 Å². The SMILES string of the molecule is CC(C)N(C)CCC(=O)N(C)C(C)C. The summed E-state index contributed by atoms with van der Waals surface area (Å²) in [6.07, 6.45) is 0.614. The summed E-state index contributed by atoms with van der Waals surface area (Å²) in [4.78, 5) is 15.6. The molecule has 0 unspecified atom stereocenters. The minimum atomic E-state index is 0.229. The number of rotatable bonds is 5. The van der Waals surface area contributed by atoms with E-state index in [1.165, 1.54) is 0 Å². The van der Waals surface area contributed by atoms with Crippen molar-refractivity contribution in [3.8, 4) is 0 Å². The molecule has 0 radical (unpaired) electrons. The predicted octanol–water partition coefficient (Wildman–Crippen LogP) is 1.58. The third-order valence-electron chi connectivity index (χ3n) is 2.73. The molecule has 0 fully saturated rings. The van der Waals surface area contributed by atoms with Gasteiger partial charge in [0.05, 0.1) is 0 Å². The van der Waals surface area contributed by atoms with Gasteiger partial charge in [-0.25, -0.2) is 0 Å². The van der Waals surface area contributed by atoms with E-state index in [9.17, 15) is 4.79 Å². The molecule has 14 heavy (non-hydrogen) atoms. The summed E-state index contributed by atoms with van der Waals surface area (Å²) in [7, 11) is 3.91. The van der Waals surface area contributed by atoms with Gasteiger partial charge in [-0.3, -0.25) is 4.79 Å². The van der Waals surface area contributed by atoms with E-state index in [0.717, 1.165) is 6.54 Å². The summed E-state index contributed by atoms with van der Waals surface area (Å²) in [6.45, 7) is 9.18. The lowest BCUT2D eigenvalue weighted by Crippen LogP contribution is -2.36. The van der Waals surface area contributed by atoms with Gasteiger partial charge in [-0.15, -0.1) is 0 Å². The van der Waals surface area contributed by atoms with Crippen molar-refractivity contribution in [2.45, 2.75) is 46.2 Å². The maximum atomic E-state index is 11.6. The van der Waals surface area contributed by atoms with Gasteiger partial charge in [0.1, 0.15) is 0 Å². The van der Waals surface area contributed by atoms with Crippen molar-refractivity contribution >= 4 is 5.91 Å². The first-order chi connectivity index (χ1) is 6.36. The molecule has 3 nitrogen and oxygen atoms in total. The predicted molar refractivity (Wildman–Crippen MR) is 60.3 cm³/mol. The van der Waals surface area contributed by atoms with E-state index in [1.807, 2.05) is 27.9 Å². The van der Waals surface area contributed by atoms with E-state index in [2.05, 4.69) is 18.7 Å². The molecule has 0 saturated heterocycles. The summed E-state index contributed by atoms with van der Waals surface area (Å²) in [5.74, 6) is 0.229. The Morgan fingerprint density at radius 1 is 1.07 bits per heavy atom. The average molecular weight is 200 g/mol. The number of carbonyl (C=O) groups is 1. The number of amides is 1. The number of hydrogen-bond acceptors (Lipinski definition) is 2. The molecule has 0 aliphatic carbocycles. The van der Waals surface area contributed by atoms with E-state index in [1.54, 1.807) is 4.90 Å². The molecule has 0 N–H and O–H groups in total. The normalized spacial score (nSPS) is 11.5. The second kappa shape index (κ2) is 6.02. The summed E-state index contributed by atoms with van der Waals surface area (Å²) < 4.78 is 0. The highest BCUT2D eigenvalue weighted by molar-refractivity contribution is 5.76. The maximum absolute atomic E-state index is 11.6. The van der Waals surface area contributed by atoms with Crippen LogP contribution in [0.15, 0.2) is 0 Å². The molecule has 0 saturated carbocycles. The average Bonchev–Trinajstić information content (AvgIpc) is 2.11. The minimum Gasteiger partial charge on any atom is -0.343 e. The van der Waals surface area contributed by atoms with Crippen LogP contribution >= 0.6 is 0 Å². The van der Waals surface area contributed by atoms with Crippen LogP contribution in [0.3, 0.4) is 0 Å². The molecule has 84 valence electrons. The van der Waals surface area contributed by atoms with Crippen LogP contribution in [-0.4, -0.2) is 48.4 Å². The van der Waals surface area contributed by atoms with Crippen LogP contribution in [0.2, 0.25) is 0 Å². The molecule has 1 amide bonds. The molecule has 0 rings (SSSR count). The maximum Gasteiger partial charge on any atom is 0.223 e. The lowest BCUT2D eigenvalue weighted by Gasteiger charge is -2.24. The molecular formula is C11H24N2O. The molecule has 0 aromatic carbocycles. The monoisotopic (exact) mass is 200 g/mol. The Bertz CT molecular complexity index is 178. The lowest BCUT2D eigenvalue weighted by molar-refractivity contribution is -0.131. The first-order valence-corrected chi connectivity index (χ1v) is 5.32. The molecule has 0 bridgehead atoms. The fourth-order valence-electron chi connectivity index (χ4n) is 0.995. The van der Waals surface area contributed by atoms with Crippen molar-refractivity contribution in [1.82, 2.24) is 9.80 Å². The first-order valence-electron chi connectivity index (χ1n) is 5.32. The number of carbonyl (C=O) groups excluding carboxylic acids is 1. The largest absolute Gasteiger partial charge is 0.343 e. The molecule has 0 aliphatic rings. The molecule has 0 aliphatic heterocycles. The summed E-state index contributed by atoms with van der Waals surface area (Å²) in [5, 5.41) is 0. The van der Waals surface area contributed by atoms with Gasteiger partial charge >= 0.3 is 0 Å². The summed E-state index contributed by atoms with van der Waals surface area (Å²) in [5.41, 5.74) is 0. The van der Waals surface area contributed by atoms with Gasteiger partial charge in [-0.05, 0) is 34.7 Å². The van der Waals surface area contributed by atoms with Crippen molar-refractivity contribution in [2.24, 2.45) is 0 Å². The highest BCUT2D eigenvalue weighted by Gasteiger charge is 2.13. The fourth-order valence-corrected chi connectivity index (χ4v) is 0.995.